The number of hydrogen-bond donors (Lipinski definition) is 1. The molecule has 1 N–H and O–H groups in total. The van der Waals surface area contributed by atoms with Crippen LogP contribution in [0.2, 0.25) is 0 Å². The van der Waals surface area contributed by atoms with E-state index in [-0.39, 0.29) is 0 Å². The molecule has 2 heterocycles. The summed E-state index contributed by atoms with van der Waals surface area (Å²) in [7, 11) is 0. The molecular weight excluding hydrogens is 252 g/mol. The zero-order chi connectivity index (χ0) is 12.9. The van der Waals surface area contributed by atoms with Crippen LogP contribution in [-0.4, -0.2) is 22.5 Å². The summed E-state index contributed by atoms with van der Waals surface area (Å²) < 4.78 is 0. The first-order valence-electron chi connectivity index (χ1n) is 7.07. The van der Waals surface area contributed by atoms with Crippen molar-refractivity contribution in [1.82, 2.24) is 10.3 Å². The highest BCUT2D eigenvalue weighted by Gasteiger charge is 2.12. The van der Waals surface area contributed by atoms with Crippen LogP contribution in [0.4, 0.5) is 0 Å². The molecule has 0 aliphatic carbocycles. The van der Waals surface area contributed by atoms with E-state index in [4.69, 9.17) is 0 Å². The fraction of sp³-hybridized carbons (Fsp3) is 0.438. The van der Waals surface area contributed by atoms with E-state index in [1.807, 2.05) is 12.4 Å². The molecule has 3 heteroatoms. The van der Waals surface area contributed by atoms with Gasteiger partial charge in [-0.15, -0.1) is 0 Å². The summed E-state index contributed by atoms with van der Waals surface area (Å²) in [6.45, 7) is 2.11. The predicted octanol–water partition coefficient (Wildman–Crippen LogP) is 3.61. The molecule has 1 aliphatic heterocycles. The lowest BCUT2D eigenvalue weighted by molar-refractivity contribution is 0.598. The molecule has 0 radical (unpaired) electrons. The number of hydrogen-bond acceptors (Lipinski definition) is 3. The van der Waals surface area contributed by atoms with Crippen LogP contribution in [0.25, 0.3) is 10.8 Å². The largest absolute Gasteiger partial charge is 0.312 e. The van der Waals surface area contributed by atoms with E-state index in [2.05, 4.69) is 46.3 Å². The van der Waals surface area contributed by atoms with Crippen LogP contribution in [0.3, 0.4) is 0 Å². The molecule has 0 bridgehead atoms. The molecule has 1 unspecified atom stereocenters. The van der Waals surface area contributed by atoms with Crippen LogP contribution in [-0.2, 0) is 6.54 Å². The molecule has 19 heavy (non-hydrogen) atoms. The highest BCUT2D eigenvalue weighted by molar-refractivity contribution is 7.99. The first-order valence-corrected chi connectivity index (χ1v) is 8.12. The Morgan fingerprint density at radius 2 is 2.21 bits per heavy atom. The number of nitrogens with one attached hydrogen (secondary N) is 1. The Bertz CT molecular complexity index is 535. The Hall–Kier alpha value is -1.06. The van der Waals surface area contributed by atoms with Gasteiger partial charge in [0.15, 0.2) is 0 Å². The van der Waals surface area contributed by atoms with Crippen molar-refractivity contribution in [3.05, 3.63) is 42.2 Å². The highest BCUT2D eigenvalue weighted by Crippen LogP contribution is 2.24. The van der Waals surface area contributed by atoms with E-state index < -0.39 is 0 Å². The Balaban J connectivity index is 1.56. The summed E-state index contributed by atoms with van der Waals surface area (Å²) in [5.74, 6) is 1.34. The Morgan fingerprint density at radius 3 is 3.11 bits per heavy atom. The van der Waals surface area contributed by atoms with Gasteiger partial charge in [0.05, 0.1) is 0 Å². The van der Waals surface area contributed by atoms with Crippen molar-refractivity contribution in [2.75, 3.05) is 12.3 Å². The van der Waals surface area contributed by atoms with E-state index >= 15 is 0 Å². The molecule has 0 saturated carbocycles. The van der Waals surface area contributed by atoms with Crippen LogP contribution in [0.1, 0.15) is 24.8 Å². The van der Waals surface area contributed by atoms with Crippen LogP contribution >= 0.6 is 11.8 Å². The van der Waals surface area contributed by atoms with Gasteiger partial charge in [0.25, 0.3) is 0 Å². The maximum atomic E-state index is 4.15. The third-order valence-electron chi connectivity index (χ3n) is 3.68. The monoisotopic (exact) mass is 272 g/mol. The smallest absolute Gasteiger partial charge is 0.0346 e. The molecule has 1 aromatic carbocycles. The average molecular weight is 272 g/mol. The van der Waals surface area contributed by atoms with E-state index in [9.17, 15) is 0 Å². The van der Waals surface area contributed by atoms with E-state index in [0.29, 0.717) is 0 Å². The second-order valence-electron chi connectivity index (χ2n) is 5.18. The van der Waals surface area contributed by atoms with Crippen LogP contribution in [0.5, 0.6) is 0 Å². The van der Waals surface area contributed by atoms with Crippen molar-refractivity contribution in [2.24, 2.45) is 0 Å². The molecular formula is C16H20N2S. The zero-order valence-electron chi connectivity index (χ0n) is 11.1. The van der Waals surface area contributed by atoms with Crippen molar-refractivity contribution >= 4 is 22.5 Å². The fourth-order valence-electron chi connectivity index (χ4n) is 2.59. The lowest BCUT2D eigenvalue weighted by Crippen LogP contribution is -2.26. The van der Waals surface area contributed by atoms with Gasteiger partial charge in [0.1, 0.15) is 0 Å². The Kier molecular flexibility index (Phi) is 4.36. The van der Waals surface area contributed by atoms with E-state index in [1.54, 1.807) is 0 Å². The summed E-state index contributed by atoms with van der Waals surface area (Å²) in [4.78, 5) is 4.15. The van der Waals surface area contributed by atoms with Gasteiger partial charge >= 0.3 is 0 Å². The van der Waals surface area contributed by atoms with Crippen LogP contribution in [0.15, 0.2) is 36.7 Å². The van der Waals surface area contributed by atoms with Crippen molar-refractivity contribution in [3.63, 3.8) is 0 Å². The number of fused-ring (bicyclic) bond motifs is 1. The fourth-order valence-corrected chi connectivity index (χ4v) is 3.86. The summed E-state index contributed by atoms with van der Waals surface area (Å²) in [5, 5.41) is 6.91. The topological polar surface area (TPSA) is 24.9 Å². The number of aromatic nitrogens is 1. The maximum Gasteiger partial charge on any atom is 0.0346 e. The maximum absolute atomic E-state index is 4.15. The van der Waals surface area contributed by atoms with Crippen molar-refractivity contribution < 1.29 is 0 Å². The minimum Gasteiger partial charge on any atom is -0.312 e. The molecule has 1 aliphatic rings. The van der Waals surface area contributed by atoms with Crippen LogP contribution < -0.4 is 5.32 Å². The number of pyridine rings is 1. The lowest BCUT2D eigenvalue weighted by atomic mass is 10.1. The van der Waals surface area contributed by atoms with Gasteiger partial charge in [-0.1, -0.05) is 18.6 Å². The molecule has 0 amide bonds. The lowest BCUT2D eigenvalue weighted by Gasteiger charge is -2.21. The van der Waals surface area contributed by atoms with E-state index in [0.717, 1.165) is 18.3 Å². The molecule has 1 aromatic heterocycles. The average Bonchev–Trinajstić information content (AvgIpc) is 2.48. The van der Waals surface area contributed by atoms with Gasteiger partial charge in [-0.3, -0.25) is 4.98 Å². The molecule has 0 spiro atoms. The normalized spacial score (nSPS) is 19.7. The van der Waals surface area contributed by atoms with Gasteiger partial charge in [0.2, 0.25) is 0 Å². The first kappa shape index (κ1) is 12.9. The molecule has 2 nitrogen and oxygen atoms in total. The molecule has 1 fully saturated rings. The van der Waals surface area contributed by atoms with Gasteiger partial charge in [-0.05, 0) is 41.7 Å². The van der Waals surface area contributed by atoms with Gasteiger partial charge in [-0.25, -0.2) is 0 Å². The minimum atomic E-state index is 0.818. The SMILES string of the molecule is c1cc2cc(CNCC3CCCCS3)ccc2cn1. The van der Waals surface area contributed by atoms with Crippen molar-refractivity contribution in [3.8, 4) is 0 Å². The standard InChI is InChI=1S/C16H20N2S/c1-2-8-19-16(3-1)12-18-10-13-4-5-15-11-17-7-6-14(15)9-13/h4-7,9,11,16,18H,1-3,8,10,12H2. The van der Waals surface area contributed by atoms with Crippen LogP contribution in [0, 0.1) is 0 Å². The minimum absolute atomic E-state index is 0.818. The quantitative estimate of drug-likeness (QED) is 0.920. The van der Waals surface area contributed by atoms with Crippen molar-refractivity contribution in [2.45, 2.75) is 31.1 Å². The summed E-state index contributed by atoms with van der Waals surface area (Å²) in [6.07, 6.45) is 7.96. The molecule has 3 rings (SSSR count). The number of benzene rings is 1. The summed E-state index contributed by atoms with van der Waals surface area (Å²) in [5.41, 5.74) is 1.36. The third kappa shape index (κ3) is 3.48. The highest BCUT2D eigenvalue weighted by atomic mass is 32.2. The summed E-state index contributed by atoms with van der Waals surface area (Å²) in [6, 6.07) is 8.70. The predicted molar refractivity (Wildman–Crippen MR) is 83.5 cm³/mol. The van der Waals surface area contributed by atoms with Crippen molar-refractivity contribution in [1.29, 1.82) is 0 Å². The Morgan fingerprint density at radius 1 is 1.21 bits per heavy atom. The number of thioether (sulfide) groups is 1. The second kappa shape index (κ2) is 6.40. The van der Waals surface area contributed by atoms with Gasteiger partial charge in [0, 0.05) is 36.1 Å². The second-order valence-corrected chi connectivity index (χ2v) is 6.58. The third-order valence-corrected chi connectivity index (χ3v) is 5.08. The van der Waals surface area contributed by atoms with Gasteiger partial charge in [-0.2, -0.15) is 11.8 Å². The van der Waals surface area contributed by atoms with E-state index in [1.165, 1.54) is 41.4 Å². The first-order chi connectivity index (χ1) is 9.42. The molecule has 1 atom stereocenters. The van der Waals surface area contributed by atoms with Gasteiger partial charge < -0.3 is 5.32 Å². The molecule has 1 saturated heterocycles. The summed E-state index contributed by atoms with van der Waals surface area (Å²) >= 11 is 2.13. The Labute approximate surface area is 119 Å². The zero-order valence-corrected chi connectivity index (χ0v) is 12.0. The number of rotatable bonds is 4. The number of nitrogens with zero attached hydrogens (tertiary/aromatic N) is 1. The molecule has 2 aromatic rings. The molecule has 100 valence electrons.